The molecule has 0 saturated heterocycles. The molecular formula is C11H15ClFNS. The van der Waals surface area contributed by atoms with Crippen molar-refractivity contribution in [2.45, 2.75) is 19.3 Å². The van der Waals surface area contributed by atoms with E-state index in [4.69, 9.17) is 11.6 Å². The molecule has 1 nitrogen and oxygen atoms in total. The maximum atomic E-state index is 13.6. The van der Waals surface area contributed by atoms with Crippen LogP contribution in [0.4, 0.5) is 4.39 Å². The Hall–Kier alpha value is -0.250. The summed E-state index contributed by atoms with van der Waals surface area (Å²) in [7, 11) is 0. The Morgan fingerprint density at radius 1 is 1.47 bits per heavy atom. The Kier molecular flexibility index (Phi) is 4.44. The van der Waals surface area contributed by atoms with Crippen molar-refractivity contribution in [3.63, 3.8) is 0 Å². The molecular weight excluding hydrogens is 233 g/mol. The summed E-state index contributed by atoms with van der Waals surface area (Å²) in [4.78, 5) is 0. The Labute approximate surface area is 100 Å². The highest BCUT2D eigenvalue weighted by Gasteiger charge is 2.23. The minimum Gasteiger partial charge on any atom is -0.307 e. The molecule has 84 valence electrons. The molecule has 1 aromatic carbocycles. The van der Waals surface area contributed by atoms with E-state index >= 15 is 0 Å². The molecule has 0 amide bonds. The van der Waals surface area contributed by atoms with Gasteiger partial charge < -0.3 is 5.32 Å². The second-order valence-electron chi connectivity index (χ2n) is 4.09. The van der Waals surface area contributed by atoms with E-state index in [9.17, 15) is 4.39 Å². The predicted octanol–water partition coefficient (Wildman–Crippen LogP) is 3.23. The summed E-state index contributed by atoms with van der Waals surface area (Å²) in [5, 5.41) is 3.65. The maximum absolute atomic E-state index is 13.6. The Balaban J connectivity index is 2.97. The molecule has 0 saturated carbocycles. The van der Waals surface area contributed by atoms with Gasteiger partial charge in [-0.2, -0.15) is 12.6 Å². The zero-order valence-corrected chi connectivity index (χ0v) is 10.5. The first kappa shape index (κ1) is 12.8. The van der Waals surface area contributed by atoms with Crippen molar-refractivity contribution in [3.8, 4) is 0 Å². The number of hydrogen-bond acceptors (Lipinski definition) is 2. The molecule has 0 aliphatic rings. The second-order valence-corrected chi connectivity index (χ2v) is 4.85. The summed E-state index contributed by atoms with van der Waals surface area (Å²) in [6.07, 6.45) is 0. The van der Waals surface area contributed by atoms with Crippen LogP contribution in [0.2, 0.25) is 5.02 Å². The minimum absolute atomic E-state index is 0.217. The molecule has 4 heteroatoms. The molecule has 0 radical (unpaired) electrons. The normalized spacial score (nSPS) is 11.8. The molecule has 1 N–H and O–H groups in total. The van der Waals surface area contributed by atoms with Crippen molar-refractivity contribution in [3.05, 3.63) is 34.6 Å². The number of rotatable bonds is 4. The van der Waals surface area contributed by atoms with E-state index in [0.29, 0.717) is 23.0 Å². The average Bonchev–Trinajstić information content (AvgIpc) is 2.18. The SMILES string of the molecule is CC(C)(CNCS)c1cc(Cl)ccc1F. The lowest BCUT2D eigenvalue weighted by Gasteiger charge is -2.26. The van der Waals surface area contributed by atoms with E-state index in [0.717, 1.165) is 0 Å². The van der Waals surface area contributed by atoms with Crippen LogP contribution in [0.5, 0.6) is 0 Å². The molecule has 15 heavy (non-hydrogen) atoms. The van der Waals surface area contributed by atoms with E-state index in [1.54, 1.807) is 12.1 Å². The van der Waals surface area contributed by atoms with E-state index in [-0.39, 0.29) is 11.2 Å². The van der Waals surface area contributed by atoms with Crippen LogP contribution in [0.15, 0.2) is 18.2 Å². The number of thiol groups is 1. The van der Waals surface area contributed by atoms with E-state index < -0.39 is 0 Å². The summed E-state index contributed by atoms with van der Waals surface area (Å²) in [5.74, 6) is 0.358. The molecule has 1 aromatic rings. The molecule has 0 atom stereocenters. The Morgan fingerprint density at radius 2 is 2.13 bits per heavy atom. The average molecular weight is 248 g/mol. The fourth-order valence-electron chi connectivity index (χ4n) is 1.48. The van der Waals surface area contributed by atoms with Gasteiger partial charge >= 0.3 is 0 Å². The van der Waals surface area contributed by atoms with Crippen LogP contribution >= 0.6 is 24.2 Å². The first-order valence-electron chi connectivity index (χ1n) is 4.74. The van der Waals surface area contributed by atoms with Gasteiger partial charge in [0.1, 0.15) is 5.82 Å². The Morgan fingerprint density at radius 3 is 2.73 bits per heavy atom. The highest BCUT2D eigenvalue weighted by atomic mass is 35.5. The van der Waals surface area contributed by atoms with Gasteiger partial charge in [0.05, 0.1) is 0 Å². The highest BCUT2D eigenvalue weighted by Crippen LogP contribution is 2.27. The second kappa shape index (κ2) is 5.19. The summed E-state index contributed by atoms with van der Waals surface area (Å²) < 4.78 is 13.6. The largest absolute Gasteiger partial charge is 0.307 e. The summed E-state index contributed by atoms with van der Waals surface area (Å²) >= 11 is 9.91. The van der Waals surface area contributed by atoms with E-state index in [2.05, 4.69) is 17.9 Å². The third-order valence-corrected chi connectivity index (χ3v) is 2.79. The number of halogens is 2. The van der Waals surface area contributed by atoms with Gasteiger partial charge in [0.2, 0.25) is 0 Å². The van der Waals surface area contributed by atoms with Gasteiger partial charge in [-0.15, -0.1) is 0 Å². The summed E-state index contributed by atoms with van der Waals surface area (Å²) in [6, 6.07) is 4.64. The van der Waals surface area contributed by atoms with Crippen molar-refractivity contribution in [2.75, 3.05) is 12.4 Å². The van der Waals surface area contributed by atoms with E-state index in [1.165, 1.54) is 6.07 Å². The molecule has 0 unspecified atom stereocenters. The third kappa shape index (κ3) is 3.37. The topological polar surface area (TPSA) is 12.0 Å². The molecule has 0 aromatic heterocycles. The molecule has 0 heterocycles. The van der Waals surface area contributed by atoms with Crippen molar-refractivity contribution in [1.82, 2.24) is 5.32 Å². The zero-order valence-electron chi connectivity index (χ0n) is 8.85. The lowest BCUT2D eigenvalue weighted by atomic mass is 9.84. The molecule has 0 fully saturated rings. The van der Waals surface area contributed by atoms with Gasteiger partial charge in [-0.05, 0) is 23.8 Å². The van der Waals surface area contributed by atoms with Gasteiger partial charge in [0.15, 0.2) is 0 Å². The fraction of sp³-hybridized carbons (Fsp3) is 0.455. The van der Waals surface area contributed by atoms with Crippen LogP contribution in [0.3, 0.4) is 0 Å². The van der Waals surface area contributed by atoms with Crippen LogP contribution in [0, 0.1) is 5.82 Å². The van der Waals surface area contributed by atoms with Gasteiger partial charge in [-0.3, -0.25) is 0 Å². The monoisotopic (exact) mass is 247 g/mol. The van der Waals surface area contributed by atoms with Crippen LogP contribution in [0.1, 0.15) is 19.4 Å². The summed E-state index contributed by atoms with van der Waals surface area (Å²) in [6.45, 7) is 4.60. The predicted molar refractivity (Wildman–Crippen MR) is 66.3 cm³/mol. The van der Waals surface area contributed by atoms with E-state index in [1.807, 2.05) is 13.8 Å². The first-order chi connectivity index (χ1) is 6.97. The molecule has 0 bridgehead atoms. The minimum atomic E-state index is -0.294. The van der Waals surface area contributed by atoms with Crippen LogP contribution < -0.4 is 5.32 Å². The standard InChI is InChI=1S/C11H15ClFNS/c1-11(2,6-14-7-15)9-5-8(12)3-4-10(9)13/h3-5,14-15H,6-7H2,1-2H3. The van der Waals surface area contributed by atoms with Crippen LogP contribution in [-0.4, -0.2) is 12.4 Å². The van der Waals surface area contributed by atoms with Gasteiger partial charge in [0, 0.05) is 22.9 Å². The number of nitrogens with one attached hydrogen (secondary N) is 1. The molecule has 0 aliphatic heterocycles. The molecule has 0 aliphatic carbocycles. The highest BCUT2D eigenvalue weighted by molar-refractivity contribution is 7.80. The fourth-order valence-corrected chi connectivity index (χ4v) is 1.76. The zero-order chi connectivity index (χ0) is 11.5. The van der Waals surface area contributed by atoms with Gasteiger partial charge in [0.25, 0.3) is 0 Å². The lowest BCUT2D eigenvalue weighted by Crippen LogP contribution is -2.33. The smallest absolute Gasteiger partial charge is 0.127 e. The quantitative estimate of drug-likeness (QED) is 0.615. The summed E-state index contributed by atoms with van der Waals surface area (Å²) in [5.41, 5.74) is 0.335. The van der Waals surface area contributed by atoms with Crippen LogP contribution in [0.25, 0.3) is 0 Å². The lowest BCUT2D eigenvalue weighted by molar-refractivity contribution is 0.460. The van der Waals surface area contributed by atoms with Crippen molar-refractivity contribution in [2.24, 2.45) is 0 Å². The number of benzene rings is 1. The maximum Gasteiger partial charge on any atom is 0.127 e. The van der Waals surface area contributed by atoms with Crippen LogP contribution in [-0.2, 0) is 5.41 Å². The Bertz CT molecular complexity index is 341. The number of hydrogen-bond donors (Lipinski definition) is 2. The van der Waals surface area contributed by atoms with Crippen molar-refractivity contribution in [1.29, 1.82) is 0 Å². The van der Waals surface area contributed by atoms with Crippen molar-refractivity contribution >= 4 is 24.2 Å². The van der Waals surface area contributed by atoms with Crippen molar-refractivity contribution < 1.29 is 4.39 Å². The first-order valence-corrected chi connectivity index (χ1v) is 5.75. The molecule has 0 spiro atoms. The molecule has 1 rings (SSSR count). The van der Waals surface area contributed by atoms with Gasteiger partial charge in [-0.1, -0.05) is 25.4 Å². The van der Waals surface area contributed by atoms with Gasteiger partial charge in [-0.25, -0.2) is 4.39 Å². The third-order valence-electron chi connectivity index (χ3n) is 2.34.